The van der Waals surface area contributed by atoms with E-state index in [0.29, 0.717) is 6.04 Å². The normalized spacial score (nSPS) is 19.9. The summed E-state index contributed by atoms with van der Waals surface area (Å²) in [6, 6.07) is 0.577. The van der Waals surface area contributed by atoms with Gasteiger partial charge in [-0.25, -0.2) is 0 Å². The molecule has 118 valence electrons. The van der Waals surface area contributed by atoms with E-state index in [9.17, 15) is 4.79 Å². The Labute approximate surface area is 125 Å². The molecule has 0 radical (unpaired) electrons. The molecule has 1 amide bonds. The molecule has 3 nitrogen and oxygen atoms in total. The Morgan fingerprint density at radius 3 is 2.35 bits per heavy atom. The molecule has 0 aliphatic carbocycles. The van der Waals surface area contributed by atoms with Crippen LogP contribution in [0.25, 0.3) is 0 Å². The Balaban J connectivity index is 2.40. The maximum atomic E-state index is 12.0. The minimum absolute atomic E-state index is 0.0470. The summed E-state index contributed by atoms with van der Waals surface area (Å²) < 4.78 is 0. The van der Waals surface area contributed by atoms with E-state index in [1.807, 2.05) is 0 Å². The first kappa shape index (κ1) is 17.5. The van der Waals surface area contributed by atoms with Crippen LogP contribution < -0.4 is 10.6 Å². The van der Waals surface area contributed by atoms with E-state index in [1.165, 1.54) is 51.4 Å². The van der Waals surface area contributed by atoms with Gasteiger partial charge in [0.05, 0.1) is 6.04 Å². The third-order valence-electron chi connectivity index (χ3n) is 4.28. The summed E-state index contributed by atoms with van der Waals surface area (Å²) in [5, 5.41) is 6.68. The first-order valence-corrected chi connectivity index (χ1v) is 8.81. The Hall–Kier alpha value is -0.570. The largest absolute Gasteiger partial charge is 0.355 e. The molecule has 0 aromatic carbocycles. The molecule has 1 fully saturated rings. The highest BCUT2D eigenvalue weighted by Crippen LogP contribution is 2.14. The topological polar surface area (TPSA) is 41.1 Å². The fourth-order valence-electron chi connectivity index (χ4n) is 2.98. The Morgan fingerprint density at radius 2 is 1.75 bits per heavy atom. The molecule has 3 heteroatoms. The Morgan fingerprint density at radius 1 is 1.10 bits per heavy atom. The number of unbranched alkanes of at least 4 members (excludes halogenated alkanes) is 4. The van der Waals surface area contributed by atoms with Gasteiger partial charge in [0.2, 0.25) is 5.91 Å². The van der Waals surface area contributed by atoms with E-state index in [4.69, 9.17) is 0 Å². The van der Waals surface area contributed by atoms with Crippen LogP contribution in [-0.4, -0.2) is 24.5 Å². The first-order valence-electron chi connectivity index (χ1n) is 8.81. The summed E-state index contributed by atoms with van der Waals surface area (Å²) in [4.78, 5) is 12.0. The third-order valence-corrected chi connectivity index (χ3v) is 4.28. The zero-order valence-corrected chi connectivity index (χ0v) is 13.5. The highest BCUT2D eigenvalue weighted by molar-refractivity contribution is 5.81. The summed E-state index contributed by atoms with van der Waals surface area (Å²) in [5.74, 6) is 0.221. The summed E-state index contributed by atoms with van der Waals surface area (Å²) >= 11 is 0. The molecule has 1 heterocycles. The van der Waals surface area contributed by atoms with Gasteiger partial charge in [0.25, 0.3) is 0 Å². The molecule has 0 aromatic heterocycles. The van der Waals surface area contributed by atoms with Crippen LogP contribution in [0.15, 0.2) is 0 Å². The standard InChI is InChI=1S/C17H34N2O/c1-3-5-7-11-15(12-8-6-4-2)19-16-13-9-10-14-18-17(16)20/h15-16,19H,3-14H2,1-2H3,(H,18,20). The van der Waals surface area contributed by atoms with Crippen LogP contribution in [0.3, 0.4) is 0 Å². The maximum absolute atomic E-state index is 12.0. The van der Waals surface area contributed by atoms with Gasteiger partial charge >= 0.3 is 0 Å². The average Bonchev–Trinajstić information content (AvgIpc) is 2.64. The zero-order valence-electron chi connectivity index (χ0n) is 13.5. The van der Waals surface area contributed by atoms with Crippen molar-refractivity contribution < 1.29 is 4.79 Å². The van der Waals surface area contributed by atoms with Crippen LogP contribution >= 0.6 is 0 Å². The Bertz CT molecular complexity index is 245. The minimum atomic E-state index is 0.0470. The fraction of sp³-hybridized carbons (Fsp3) is 0.941. The molecule has 0 bridgehead atoms. The molecule has 0 aromatic rings. The number of nitrogens with one attached hydrogen (secondary N) is 2. The van der Waals surface area contributed by atoms with Crippen LogP contribution in [0.5, 0.6) is 0 Å². The van der Waals surface area contributed by atoms with E-state index >= 15 is 0 Å². The molecule has 1 aliphatic rings. The van der Waals surface area contributed by atoms with E-state index in [0.717, 1.165) is 25.8 Å². The molecule has 1 unspecified atom stereocenters. The van der Waals surface area contributed by atoms with Crippen molar-refractivity contribution in [3.05, 3.63) is 0 Å². The maximum Gasteiger partial charge on any atom is 0.237 e. The third kappa shape index (κ3) is 7.28. The lowest BCUT2D eigenvalue weighted by atomic mass is 10.00. The second-order valence-corrected chi connectivity index (χ2v) is 6.19. The lowest BCUT2D eigenvalue weighted by Gasteiger charge is -2.24. The van der Waals surface area contributed by atoms with Crippen molar-refractivity contribution in [1.82, 2.24) is 10.6 Å². The van der Waals surface area contributed by atoms with Crippen molar-refractivity contribution in [3.8, 4) is 0 Å². The predicted octanol–water partition coefficient (Wildman–Crippen LogP) is 3.77. The quantitative estimate of drug-likeness (QED) is 0.599. The van der Waals surface area contributed by atoms with Crippen LogP contribution in [-0.2, 0) is 4.79 Å². The van der Waals surface area contributed by atoms with Gasteiger partial charge < -0.3 is 10.6 Å². The Kier molecular flexibility index (Phi) is 9.73. The highest BCUT2D eigenvalue weighted by Gasteiger charge is 2.23. The number of amides is 1. The van der Waals surface area contributed by atoms with Gasteiger partial charge in [-0.15, -0.1) is 0 Å². The monoisotopic (exact) mass is 282 g/mol. The molecule has 20 heavy (non-hydrogen) atoms. The van der Waals surface area contributed by atoms with Gasteiger partial charge in [-0.05, 0) is 32.1 Å². The van der Waals surface area contributed by atoms with Crippen molar-refractivity contribution in [2.24, 2.45) is 0 Å². The van der Waals surface area contributed by atoms with Crippen LogP contribution in [0.4, 0.5) is 0 Å². The highest BCUT2D eigenvalue weighted by atomic mass is 16.2. The van der Waals surface area contributed by atoms with Gasteiger partial charge in [-0.2, -0.15) is 0 Å². The number of rotatable bonds is 10. The van der Waals surface area contributed by atoms with Crippen LogP contribution in [0, 0.1) is 0 Å². The van der Waals surface area contributed by atoms with Gasteiger partial charge in [-0.1, -0.05) is 52.4 Å². The first-order chi connectivity index (χ1) is 9.77. The second kappa shape index (κ2) is 11.1. The minimum Gasteiger partial charge on any atom is -0.355 e. The van der Waals surface area contributed by atoms with Gasteiger partial charge in [-0.3, -0.25) is 4.79 Å². The molecular formula is C17H34N2O. The van der Waals surface area contributed by atoms with Crippen molar-refractivity contribution in [1.29, 1.82) is 0 Å². The van der Waals surface area contributed by atoms with Crippen molar-refractivity contribution in [2.75, 3.05) is 6.54 Å². The molecule has 2 N–H and O–H groups in total. The van der Waals surface area contributed by atoms with E-state index in [-0.39, 0.29) is 11.9 Å². The molecule has 1 saturated heterocycles. The van der Waals surface area contributed by atoms with Crippen molar-refractivity contribution in [3.63, 3.8) is 0 Å². The van der Waals surface area contributed by atoms with Gasteiger partial charge in [0.15, 0.2) is 0 Å². The van der Waals surface area contributed by atoms with E-state index in [1.54, 1.807) is 0 Å². The second-order valence-electron chi connectivity index (χ2n) is 6.19. The average molecular weight is 282 g/mol. The number of carbonyl (C=O) groups excluding carboxylic acids is 1. The fourth-order valence-corrected chi connectivity index (χ4v) is 2.98. The molecule has 1 aliphatic heterocycles. The smallest absolute Gasteiger partial charge is 0.237 e. The zero-order chi connectivity index (χ0) is 14.6. The summed E-state index contributed by atoms with van der Waals surface area (Å²) in [6.07, 6.45) is 13.5. The molecule has 1 rings (SSSR count). The number of carbonyl (C=O) groups is 1. The number of hydrogen-bond acceptors (Lipinski definition) is 2. The lowest BCUT2D eigenvalue weighted by molar-refractivity contribution is -0.123. The van der Waals surface area contributed by atoms with Gasteiger partial charge in [0.1, 0.15) is 0 Å². The lowest BCUT2D eigenvalue weighted by Crippen LogP contribution is -2.47. The summed E-state index contributed by atoms with van der Waals surface area (Å²) in [6.45, 7) is 5.35. The number of hydrogen-bond donors (Lipinski definition) is 2. The molecule has 0 spiro atoms. The SMILES string of the molecule is CCCCCC(CCCCC)NC1CCCCNC1=O. The van der Waals surface area contributed by atoms with E-state index in [2.05, 4.69) is 24.5 Å². The summed E-state index contributed by atoms with van der Waals surface area (Å²) in [7, 11) is 0. The predicted molar refractivity (Wildman–Crippen MR) is 85.9 cm³/mol. The van der Waals surface area contributed by atoms with Crippen molar-refractivity contribution in [2.45, 2.75) is 96.6 Å². The molecule has 0 saturated carbocycles. The van der Waals surface area contributed by atoms with Gasteiger partial charge in [0, 0.05) is 12.6 Å². The summed E-state index contributed by atoms with van der Waals surface area (Å²) in [5.41, 5.74) is 0. The van der Waals surface area contributed by atoms with Crippen LogP contribution in [0.2, 0.25) is 0 Å². The molecular weight excluding hydrogens is 248 g/mol. The van der Waals surface area contributed by atoms with Crippen LogP contribution in [0.1, 0.15) is 84.5 Å². The van der Waals surface area contributed by atoms with Crippen molar-refractivity contribution >= 4 is 5.91 Å². The molecule has 1 atom stereocenters. The van der Waals surface area contributed by atoms with E-state index < -0.39 is 0 Å².